The highest BCUT2D eigenvalue weighted by Crippen LogP contribution is 2.53. The molecule has 1 N–H and O–H groups in total. The zero-order valence-electron chi connectivity index (χ0n) is 20.0. The van der Waals surface area contributed by atoms with Gasteiger partial charge in [0, 0.05) is 0 Å². The smallest absolute Gasteiger partial charge is 0.323 e. The second-order valence-corrected chi connectivity index (χ2v) is 11.5. The van der Waals surface area contributed by atoms with Crippen LogP contribution >= 0.6 is 0 Å². The van der Waals surface area contributed by atoms with E-state index in [1.54, 1.807) is 76.2 Å². The van der Waals surface area contributed by atoms with Gasteiger partial charge in [-0.1, -0.05) is 35.9 Å². The molecule has 182 valence electrons. The van der Waals surface area contributed by atoms with Crippen molar-refractivity contribution in [1.29, 1.82) is 0 Å². The molecule has 2 aliphatic rings. The molecule has 34 heavy (non-hydrogen) atoms. The van der Waals surface area contributed by atoms with Crippen molar-refractivity contribution in [3.8, 4) is 0 Å². The Morgan fingerprint density at radius 3 is 2.38 bits per heavy atom. The molecule has 0 radical (unpaired) electrons. The molecule has 0 spiro atoms. The normalized spacial score (nSPS) is 23.9. The van der Waals surface area contributed by atoms with E-state index in [-0.39, 0.29) is 17.9 Å². The van der Waals surface area contributed by atoms with Crippen LogP contribution in [0.4, 0.5) is 5.69 Å². The molecule has 0 aliphatic carbocycles. The first kappa shape index (κ1) is 24.2. The van der Waals surface area contributed by atoms with Crippen molar-refractivity contribution in [3.63, 3.8) is 0 Å². The van der Waals surface area contributed by atoms with Gasteiger partial charge >= 0.3 is 11.9 Å². The number of rotatable bonds is 5. The van der Waals surface area contributed by atoms with Gasteiger partial charge < -0.3 is 9.47 Å². The lowest BCUT2D eigenvalue weighted by Gasteiger charge is -2.33. The van der Waals surface area contributed by atoms with E-state index in [0.29, 0.717) is 11.3 Å². The molecule has 0 saturated carbocycles. The molecule has 1 fully saturated rings. The average Bonchev–Trinajstić information content (AvgIpc) is 3.26. The first-order valence-corrected chi connectivity index (χ1v) is 12.7. The van der Waals surface area contributed by atoms with Crippen LogP contribution in [0.1, 0.15) is 45.2 Å². The topological polar surface area (TPSA) is 102 Å². The lowest BCUT2D eigenvalue weighted by molar-refractivity contribution is -0.162. The van der Waals surface area contributed by atoms with Crippen molar-refractivity contribution in [1.82, 2.24) is 5.32 Å². The Morgan fingerprint density at radius 2 is 1.76 bits per heavy atom. The standard InChI is InChI=1S/C25H30N2O6S/c1-6-32-21(28)19-15-25(23(29)33-24(3,4)5)18-9-7-8-10-20(18)27(22(25)26-19)34(30,31)17-13-11-16(2)12-14-17/h7-14,19,22,26H,6,15H2,1-5H3/t19?,22-,25-/m1/s1. The van der Waals surface area contributed by atoms with Crippen molar-refractivity contribution in [2.24, 2.45) is 0 Å². The number of nitrogens with zero attached hydrogens (tertiary/aromatic N) is 1. The van der Waals surface area contributed by atoms with E-state index in [0.717, 1.165) is 5.56 Å². The average molecular weight is 487 g/mol. The summed E-state index contributed by atoms with van der Waals surface area (Å²) in [5, 5.41) is 3.10. The third-order valence-electron chi connectivity index (χ3n) is 6.12. The molecule has 2 aromatic carbocycles. The minimum absolute atomic E-state index is 0.0162. The van der Waals surface area contributed by atoms with Crippen molar-refractivity contribution < 1.29 is 27.5 Å². The number of esters is 2. The summed E-state index contributed by atoms with van der Waals surface area (Å²) >= 11 is 0. The van der Waals surface area contributed by atoms with Crippen LogP contribution in [-0.4, -0.2) is 44.8 Å². The van der Waals surface area contributed by atoms with E-state index in [1.165, 1.54) is 4.31 Å². The molecule has 9 heteroatoms. The number of fused-ring (bicyclic) bond motifs is 3. The number of ether oxygens (including phenoxy) is 2. The molecule has 8 nitrogen and oxygen atoms in total. The van der Waals surface area contributed by atoms with Gasteiger partial charge in [-0.3, -0.25) is 14.9 Å². The Labute approximate surface area is 200 Å². The quantitative estimate of drug-likeness (QED) is 0.648. The Hall–Kier alpha value is -2.91. The molecule has 0 amide bonds. The van der Waals surface area contributed by atoms with Crippen LogP contribution in [0.3, 0.4) is 0 Å². The van der Waals surface area contributed by atoms with E-state index in [9.17, 15) is 18.0 Å². The summed E-state index contributed by atoms with van der Waals surface area (Å²) in [6.07, 6.45) is -1.04. The predicted molar refractivity (Wildman–Crippen MR) is 127 cm³/mol. The highest BCUT2D eigenvalue weighted by atomic mass is 32.2. The van der Waals surface area contributed by atoms with Crippen LogP contribution < -0.4 is 9.62 Å². The number of benzene rings is 2. The monoisotopic (exact) mass is 486 g/mol. The highest BCUT2D eigenvalue weighted by molar-refractivity contribution is 7.92. The number of nitrogens with one attached hydrogen (secondary N) is 1. The van der Waals surface area contributed by atoms with Crippen LogP contribution in [0.15, 0.2) is 53.4 Å². The van der Waals surface area contributed by atoms with E-state index in [1.807, 2.05) is 6.92 Å². The first-order valence-electron chi connectivity index (χ1n) is 11.3. The summed E-state index contributed by atoms with van der Waals surface area (Å²) in [5.74, 6) is -1.12. The maximum atomic E-state index is 13.9. The lowest BCUT2D eigenvalue weighted by atomic mass is 9.78. The van der Waals surface area contributed by atoms with Gasteiger partial charge in [0.25, 0.3) is 10.0 Å². The van der Waals surface area contributed by atoms with Gasteiger partial charge in [-0.25, -0.2) is 12.7 Å². The number of anilines is 1. The Balaban J connectivity index is 1.90. The lowest BCUT2D eigenvalue weighted by Crippen LogP contribution is -2.55. The van der Waals surface area contributed by atoms with Gasteiger partial charge in [0.1, 0.15) is 23.2 Å². The molecule has 0 bridgehead atoms. The van der Waals surface area contributed by atoms with Gasteiger partial charge in [-0.2, -0.15) is 0 Å². The van der Waals surface area contributed by atoms with Crippen molar-refractivity contribution >= 4 is 27.6 Å². The molecule has 4 rings (SSSR count). The van der Waals surface area contributed by atoms with Crippen LogP contribution in [0.25, 0.3) is 0 Å². The molecular formula is C25H30N2O6S. The van der Waals surface area contributed by atoms with Gasteiger partial charge in [0.05, 0.1) is 17.2 Å². The summed E-state index contributed by atoms with van der Waals surface area (Å²) in [5.41, 5.74) is -0.418. The summed E-state index contributed by atoms with van der Waals surface area (Å²) in [4.78, 5) is 26.6. The van der Waals surface area contributed by atoms with Crippen molar-refractivity contribution in [2.75, 3.05) is 10.9 Å². The molecule has 0 aromatic heterocycles. The summed E-state index contributed by atoms with van der Waals surface area (Å²) in [7, 11) is -4.09. The number of para-hydroxylation sites is 1. The van der Waals surface area contributed by atoms with E-state index >= 15 is 0 Å². The van der Waals surface area contributed by atoms with Gasteiger partial charge in [-0.15, -0.1) is 0 Å². The minimum Gasteiger partial charge on any atom is -0.465 e. The van der Waals surface area contributed by atoms with E-state index in [2.05, 4.69) is 5.32 Å². The fourth-order valence-corrected chi connectivity index (χ4v) is 6.34. The third kappa shape index (κ3) is 3.86. The largest absolute Gasteiger partial charge is 0.465 e. The van der Waals surface area contributed by atoms with Crippen LogP contribution in [-0.2, 0) is 34.5 Å². The predicted octanol–water partition coefficient (Wildman–Crippen LogP) is 3.03. The number of hydrogen-bond acceptors (Lipinski definition) is 7. The zero-order chi connectivity index (χ0) is 24.9. The number of sulfonamides is 1. The number of hydrogen-bond donors (Lipinski definition) is 1. The first-order chi connectivity index (χ1) is 15.9. The number of aryl methyl sites for hydroxylation is 1. The molecule has 3 atom stereocenters. The fourth-order valence-electron chi connectivity index (χ4n) is 4.69. The molecular weight excluding hydrogens is 456 g/mol. The maximum Gasteiger partial charge on any atom is 0.323 e. The minimum atomic E-state index is -4.09. The summed E-state index contributed by atoms with van der Waals surface area (Å²) in [6.45, 7) is 9.00. The van der Waals surface area contributed by atoms with Gasteiger partial charge in [-0.05, 0) is 64.8 Å². The Morgan fingerprint density at radius 1 is 1.12 bits per heavy atom. The van der Waals surface area contributed by atoms with Crippen LogP contribution in [0.5, 0.6) is 0 Å². The molecule has 2 heterocycles. The molecule has 2 aliphatic heterocycles. The molecule has 1 unspecified atom stereocenters. The summed E-state index contributed by atoms with van der Waals surface area (Å²) in [6, 6.07) is 12.5. The second kappa shape index (κ2) is 8.39. The Kier molecular flexibility index (Phi) is 5.98. The molecule has 1 saturated heterocycles. The van der Waals surface area contributed by atoms with Crippen LogP contribution in [0, 0.1) is 6.92 Å². The maximum absolute atomic E-state index is 13.9. The van der Waals surface area contributed by atoms with Gasteiger partial charge in [0.15, 0.2) is 0 Å². The zero-order valence-corrected chi connectivity index (χ0v) is 20.8. The fraction of sp³-hybridized carbons (Fsp3) is 0.440. The SMILES string of the molecule is CCOC(=O)C1C[C@@]2(C(=O)OC(C)(C)C)c3ccccc3N(S(=O)(=O)c3ccc(C)cc3)[C@H]2N1. The second-order valence-electron chi connectivity index (χ2n) is 9.68. The number of carbonyl (C=O) groups excluding carboxylic acids is 2. The number of carbonyl (C=O) groups is 2. The van der Waals surface area contributed by atoms with Crippen molar-refractivity contribution in [3.05, 3.63) is 59.7 Å². The van der Waals surface area contributed by atoms with E-state index < -0.39 is 45.2 Å². The van der Waals surface area contributed by atoms with E-state index in [4.69, 9.17) is 9.47 Å². The Bertz CT molecular complexity index is 1220. The third-order valence-corrected chi connectivity index (χ3v) is 7.91. The van der Waals surface area contributed by atoms with Crippen LogP contribution in [0.2, 0.25) is 0 Å². The molecule has 2 aromatic rings. The highest BCUT2D eigenvalue weighted by Gasteiger charge is 2.66. The van der Waals surface area contributed by atoms with Crippen molar-refractivity contribution in [2.45, 2.75) is 69.2 Å². The van der Waals surface area contributed by atoms with Gasteiger partial charge in [0.2, 0.25) is 0 Å². The summed E-state index contributed by atoms with van der Waals surface area (Å²) < 4.78 is 40.1.